The zero-order valence-electron chi connectivity index (χ0n) is 12.0. The van der Waals surface area contributed by atoms with E-state index in [4.69, 9.17) is 0 Å². The molecular formula is C16H23BrN2O. The Morgan fingerprint density at radius 3 is 2.95 bits per heavy atom. The molecule has 0 radical (unpaired) electrons. The van der Waals surface area contributed by atoms with Gasteiger partial charge in [-0.1, -0.05) is 28.9 Å². The SMILES string of the molecule is CCNCc1ccc(Br)cc1N1CC2CCC(O)C2C1. The van der Waals surface area contributed by atoms with Crippen LogP contribution in [0.3, 0.4) is 0 Å². The summed E-state index contributed by atoms with van der Waals surface area (Å²) < 4.78 is 1.13. The van der Waals surface area contributed by atoms with Crippen LogP contribution in [-0.2, 0) is 6.54 Å². The molecule has 0 amide bonds. The zero-order chi connectivity index (χ0) is 14.1. The van der Waals surface area contributed by atoms with Gasteiger partial charge in [-0.25, -0.2) is 0 Å². The van der Waals surface area contributed by atoms with Crippen LogP contribution in [0.15, 0.2) is 22.7 Å². The van der Waals surface area contributed by atoms with Crippen molar-refractivity contribution in [1.82, 2.24) is 5.32 Å². The molecule has 1 aromatic carbocycles. The quantitative estimate of drug-likeness (QED) is 0.886. The molecule has 1 aliphatic heterocycles. The topological polar surface area (TPSA) is 35.5 Å². The molecule has 1 aliphatic carbocycles. The van der Waals surface area contributed by atoms with Crippen molar-refractivity contribution >= 4 is 21.6 Å². The smallest absolute Gasteiger partial charge is 0.0588 e. The van der Waals surface area contributed by atoms with E-state index in [1.165, 1.54) is 17.7 Å². The molecule has 3 atom stereocenters. The third-order valence-corrected chi connectivity index (χ3v) is 5.27. The van der Waals surface area contributed by atoms with Crippen LogP contribution >= 0.6 is 15.9 Å². The first kappa shape index (κ1) is 14.4. The maximum atomic E-state index is 10.1. The van der Waals surface area contributed by atoms with Crippen LogP contribution in [0, 0.1) is 11.8 Å². The van der Waals surface area contributed by atoms with Crippen LogP contribution in [-0.4, -0.2) is 30.8 Å². The summed E-state index contributed by atoms with van der Waals surface area (Å²) in [7, 11) is 0. The van der Waals surface area contributed by atoms with Crippen molar-refractivity contribution < 1.29 is 5.11 Å². The molecule has 2 N–H and O–H groups in total. The Morgan fingerprint density at radius 1 is 1.35 bits per heavy atom. The first-order chi connectivity index (χ1) is 9.69. The maximum Gasteiger partial charge on any atom is 0.0588 e. The lowest BCUT2D eigenvalue weighted by Crippen LogP contribution is -2.26. The Hall–Kier alpha value is -0.580. The maximum absolute atomic E-state index is 10.1. The van der Waals surface area contributed by atoms with E-state index in [-0.39, 0.29) is 6.10 Å². The molecule has 0 aromatic heterocycles. The van der Waals surface area contributed by atoms with Crippen molar-refractivity contribution in [2.24, 2.45) is 11.8 Å². The number of anilines is 1. The standard InChI is InChI=1S/C16H23BrN2O/c1-2-18-8-11-3-5-13(17)7-15(11)19-9-12-4-6-16(20)14(12)10-19/h3,5,7,12,14,16,18,20H,2,4,6,8-10H2,1H3. The molecule has 3 unspecified atom stereocenters. The van der Waals surface area contributed by atoms with E-state index in [1.807, 2.05) is 0 Å². The number of rotatable bonds is 4. The number of halogens is 1. The van der Waals surface area contributed by atoms with Crippen molar-refractivity contribution in [3.8, 4) is 0 Å². The average Bonchev–Trinajstić information content (AvgIpc) is 3.00. The van der Waals surface area contributed by atoms with E-state index in [2.05, 4.69) is 51.3 Å². The Morgan fingerprint density at radius 2 is 2.20 bits per heavy atom. The Labute approximate surface area is 129 Å². The highest BCUT2D eigenvalue weighted by molar-refractivity contribution is 9.10. The van der Waals surface area contributed by atoms with Gasteiger partial charge in [0.2, 0.25) is 0 Å². The van der Waals surface area contributed by atoms with Crippen molar-refractivity contribution in [3.05, 3.63) is 28.2 Å². The summed E-state index contributed by atoms with van der Waals surface area (Å²) >= 11 is 3.59. The van der Waals surface area contributed by atoms with E-state index >= 15 is 0 Å². The molecule has 110 valence electrons. The lowest BCUT2D eigenvalue weighted by molar-refractivity contribution is 0.133. The summed E-state index contributed by atoms with van der Waals surface area (Å²) in [5.74, 6) is 1.15. The number of hydrogen-bond acceptors (Lipinski definition) is 3. The summed E-state index contributed by atoms with van der Waals surface area (Å²) in [5.41, 5.74) is 2.67. The Bertz CT molecular complexity index is 480. The zero-order valence-corrected chi connectivity index (χ0v) is 13.6. The van der Waals surface area contributed by atoms with Gasteiger partial charge in [0.05, 0.1) is 6.10 Å². The van der Waals surface area contributed by atoms with Gasteiger partial charge < -0.3 is 15.3 Å². The van der Waals surface area contributed by atoms with Gasteiger partial charge in [0, 0.05) is 35.7 Å². The van der Waals surface area contributed by atoms with Crippen LogP contribution in [0.2, 0.25) is 0 Å². The lowest BCUT2D eigenvalue weighted by atomic mass is 10.00. The van der Waals surface area contributed by atoms with E-state index in [1.54, 1.807) is 0 Å². The van der Waals surface area contributed by atoms with Gasteiger partial charge in [-0.05, 0) is 43.0 Å². The highest BCUT2D eigenvalue weighted by atomic mass is 79.9. The molecule has 20 heavy (non-hydrogen) atoms. The van der Waals surface area contributed by atoms with Crippen molar-refractivity contribution in [3.63, 3.8) is 0 Å². The fourth-order valence-corrected chi connectivity index (χ4v) is 4.02. The minimum Gasteiger partial charge on any atom is -0.393 e. The monoisotopic (exact) mass is 338 g/mol. The summed E-state index contributed by atoms with van der Waals surface area (Å²) in [4.78, 5) is 2.47. The minimum atomic E-state index is -0.0885. The second-order valence-electron chi connectivity index (χ2n) is 6.03. The lowest BCUT2D eigenvalue weighted by Gasteiger charge is -2.24. The number of nitrogens with one attached hydrogen (secondary N) is 1. The van der Waals surface area contributed by atoms with Gasteiger partial charge >= 0.3 is 0 Å². The van der Waals surface area contributed by atoms with Gasteiger partial charge in [-0.15, -0.1) is 0 Å². The molecule has 1 saturated carbocycles. The van der Waals surface area contributed by atoms with Gasteiger partial charge in [0.25, 0.3) is 0 Å². The largest absolute Gasteiger partial charge is 0.393 e. The molecule has 2 aliphatic rings. The minimum absolute atomic E-state index is 0.0885. The molecule has 0 spiro atoms. The number of aliphatic hydroxyl groups is 1. The van der Waals surface area contributed by atoms with Crippen LogP contribution in [0.25, 0.3) is 0 Å². The number of fused-ring (bicyclic) bond motifs is 1. The predicted octanol–water partition coefficient (Wildman–Crippen LogP) is 2.77. The third kappa shape index (κ3) is 2.74. The van der Waals surface area contributed by atoms with E-state index in [9.17, 15) is 5.11 Å². The number of hydrogen-bond donors (Lipinski definition) is 2. The average molecular weight is 339 g/mol. The third-order valence-electron chi connectivity index (χ3n) is 4.77. The van der Waals surface area contributed by atoms with Gasteiger partial charge in [0.15, 0.2) is 0 Å². The van der Waals surface area contributed by atoms with Crippen LogP contribution in [0.1, 0.15) is 25.3 Å². The van der Waals surface area contributed by atoms with Crippen molar-refractivity contribution in [2.45, 2.75) is 32.4 Å². The van der Waals surface area contributed by atoms with E-state index in [0.717, 1.165) is 37.1 Å². The highest BCUT2D eigenvalue weighted by Crippen LogP contribution is 2.41. The van der Waals surface area contributed by atoms with Gasteiger partial charge in [-0.3, -0.25) is 0 Å². The number of benzene rings is 1. The normalized spacial score (nSPS) is 28.9. The summed E-state index contributed by atoms with van der Waals surface area (Å²) in [6.45, 7) is 6.13. The Kier molecular flexibility index (Phi) is 4.34. The predicted molar refractivity (Wildman–Crippen MR) is 86.0 cm³/mol. The molecule has 1 aromatic rings. The first-order valence-electron chi connectivity index (χ1n) is 7.61. The second kappa shape index (κ2) is 6.04. The van der Waals surface area contributed by atoms with Crippen molar-refractivity contribution in [2.75, 3.05) is 24.5 Å². The fraction of sp³-hybridized carbons (Fsp3) is 0.625. The molecule has 3 rings (SSSR count). The summed E-state index contributed by atoms with van der Waals surface area (Å²) in [6, 6.07) is 6.54. The van der Waals surface area contributed by atoms with Crippen LogP contribution in [0.5, 0.6) is 0 Å². The summed E-state index contributed by atoms with van der Waals surface area (Å²) in [5, 5.41) is 13.5. The molecule has 3 nitrogen and oxygen atoms in total. The molecule has 2 fully saturated rings. The van der Waals surface area contributed by atoms with Gasteiger partial charge in [-0.2, -0.15) is 0 Å². The molecule has 1 saturated heterocycles. The second-order valence-corrected chi connectivity index (χ2v) is 6.94. The Balaban J connectivity index is 1.81. The first-order valence-corrected chi connectivity index (χ1v) is 8.40. The van der Waals surface area contributed by atoms with E-state index < -0.39 is 0 Å². The van der Waals surface area contributed by atoms with Crippen molar-refractivity contribution in [1.29, 1.82) is 0 Å². The van der Waals surface area contributed by atoms with Crippen LogP contribution in [0.4, 0.5) is 5.69 Å². The number of aliphatic hydroxyl groups excluding tert-OH is 1. The van der Waals surface area contributed by atoms with E-state index in [0.29, 0.717) is 11.8 Å². The summed E-state index contributed by atoms with van der Waals surface area (Å²) in [6.07, 6.45) is 2.08. The molecular weight excluding hydrogens is 316 g/mol. The molecule has 0 bridgehead atoms. The highest BCUT2D eigenvalue weighted by Gasteiger charge is 2.42. The molecule has 4 heteroatoms. The van der Waals surface area contributed by atoms with Gasteiger partial charge in [0.1, 0.15) is 0 Å². The van der Waals surface area contributed by atoms with Crippen LogP contribution < -0.4 is 10.2 Å². The molecule has 1 heterocycles. The fourth-order valence-electron chi connectivity index (χ4n) is 3.67. The number of nitrogens with zero attached hydrogens (tertiary/aromatic N) is 1.